The molecule has 0 spiro atoms. The Labute approximate surface area is 124 Å². The first-order valence-electron chi connectivity index (χ1n) is 7.49. The van der Waals surface area contributed by atoms with Crippen molar-refractivity contribution in [2.24, 2.45) is 0 Å². The first kappa shape index (κ1) is 12.5. The summed E-state index contributed by atoms with van der Waals surface area (Å²) < 4.78 is 2.46. The summed E-state index contributed by atoms with van der Waals surface area (Å²) in [6, 6.07) is 21.9. The van der Waals surface area contributed by atoms with Crippen LogP contribution in [0.3, 0.4) is 0 Å². The van der Waals surface area contributed by atoms with Gasteiger partial charge in [0, 0.05) is 21.8 Å². The summed E-state index contributed by atoms with van der Waals surface area (Å²) in [6.45, 7) is 6.82. The van der Waals surface area contributed by atoms with Gasteiger partial charge in [-0.2, -0.15) is 0 Å². The zero-order valence-electron chi connectivity index (χ0n) is 12.7. The van der Waals surface area contributed by atoms with Gasteiger partial charge in [0.2, 0.25) is 0 Å². The molecule has 1 heteroatoms. The minimum Gasteiger partial charge on any atom is -0.335 e. The SMILES string of the molecule is CC(C)(C)n1c2ccccc2c2c3ccccc3ccc21. The molecule has 0 bridgehead atoms. The fourth-order valence-corrected chi connectivity index (χ4v) is 3.46. The van der Waals surface area contributed by atoms with Crippen molar-refractivity contribution in [3.8, 4) is 0 Å². The Hall–Kier alpha value is -2.28. The van der Waals surface area contributed by atoms with Gasteiger partial charge in [0.05, 0.1) is 5.52 Å². The maximum atomic E-state index is 2.46. The molecule has 0 aliphatic rings. The summed E-state index contributed by atoms with van der Waals surface area (Å²) in [5.74, 6) is 0. The van der Waals surface area contributed by atoms with Crippen LogP contribution < -0.4 is 0 Å². The highest BCUT2D eigenvalue weighted by Gasteiger charge is 2.20. The van der Waals surface area contributed by atoms with Gasteiger partial charge < -0.3 is 4.57 Å². The summed E-state index contributed by atoms with van der Waals surface area (Å²) >= 11 is 0. The lowest BCUT2D eigenvalue weighted by Gasteiger charge is -2.24. The molecule has 0 fully saturated rings. The van der Waals surface area contributed by atoms with Crippen LogP contribution in [0.4, 0.5) is 0 Å². The van der Waals surface area contributed by atoms with E-state index in [2.05, 4.69) is 86.0 Å². The molecule has 0 aliphatic heterocycles. The first-order valence-corrected chi connectivity index (χ1v) is 7.49. The maximum absolute atomic E-state index is 2.46. The van der Waals surface area contributed by atoms with E-state index in [1.807, 2.05) is 0 Å². The lowest BCUT2D eigenvalue weighted by molar-refractivity contribution is 0.423. The first-order chi connectivity index (χ1) is 10.1. The standard InChI is InChI=1S/C20H19N/c1-20(2,3)21-17-11-7-6-10-16(17)19-15-9-5-4-8-14(15)12-13-18(19)21/h4-13H,1-3H3. The number of nitrogens with zero attached hydrogens (tertiary/aromatic N) is 1. The number of benzene rings is 3. The molecular weight excluding hydrogens is 254 g/mol. The van der Waals surface area contributed by atoms with Crippen LogP contribution in [0, 0.1) is 0 Å². The van der Waals surface area contributed by atoms with Crippen LogP contribution in [0.1, 0.15) is 20.8 Å². The number of fused-ring (bicyclic) bond motifs is 5. The van der Waals surface area contributed by atoms with Crippen molar-refractivity contribution in [3.05, 3.63) is 60.7 Å². The average Bonchev–Trinajstić information content (AvgIpc) is 2.81. The van der Waals surface area contributed by atoms with Gasteiger partial charge in [-0.15, -0.1) is 0 Å². The molecule has 0 amide bonds. The lowest BCUT2D eigenvalue weighted by Crippen LogP contribution is -2.21. The molecule has 4 aromatic rings. The van der Waals surface area contributed by atoms with E-state index in [4.69, 9.17) is 0 Å². The summed E-state index contributed by atoms with van der Waals surface area (Å²) in [4.78, 5) is 0. The highest BCUT2D eigenvalue weighted by Crippen LogP contribution is 2.37. The van der Waals surface area contributed by atoms with Crippen molar-refractivity contribution >= 4 is 32.6 Å². The Morgan fingerprint density at radius 3 is 2.10 bits per heavy atom. The molecule has 104 valence electrons. The van der Waals surface area contributed by atoms with E-state index in [1.54, 1.807) is 0 Å². The van der Waals surface area contributed by atoms with Crippen molar-refractivity contribution < 1.29 is 0 Å². The van der Waals surface area contributed by atoms with E-state index in [0.717, 1.165) is 0 Å². The fourth-order valence-electron chi connectivity index (χ4n) is 3.46. The second-order valence-electron chi connectivity index (χ2n) is 6.70. The number of hydrogen-bond donors (Lipinski definition) is 0. The van der Waals surface area contributed by atoms with Gasteiger partial charge in [-0.1, -0.05) is 48.5 Å². The summed E-state index contributed by atoms with van der Waals surface area (Å²) in [5, 5.41) is 5.37. The maximum Gasteiger partial charge on any atom is 0.0502 e. The van der Waals surface area contributed by atoms with Crippen molar-refractivity contribution in [2.75, 3.05) is 0 Å². The highest BCUT2D eigenvalue weighted by molar-refractivity contribution is 6.20. The molecule has 0 saturated carbocycles. The predicted octanol–water partition coefficient (Wildman–Crippen LogP) is 5.70. The van der Waals surface area contributed by atoms with E-state index < -0.39 is 0 Å². The van der Waals surface area contributed by atoms with Crippen LogP contribution in [0.25, 0.3) is 32.6 Å². The summed E-state index contributed by atoms with van der Waals surface area (Å²) in [5.41, 5.74) is 2.70. The molecule has 0 aliphatic carbocycles. The van der Waals surface area contributed by atoms with Gasteiger partial charge in [-0.05, 0) is 43.7 Å². The van der Waals surface area contributed by atoms with Crippen LogP contribution in [-0.4, -0.2) is 4.57 Å². The third kappa shape index (κ3) is 1.70. The Morgan fingerprint density at radius 2 is 1.33 bits per heavy atom. The van der Waals surface area contributed by atoms with Crippen LogP contribution in [0.5, 0.6) is 0 Å². The van der Waals surface area contributed by atoms with Gasteiger partial charge in [0.15, 0.2) is 0 Å². The van der Waals surface area contributed by atoms with E-state index in [-0.39, 0.29) is 5.54 Å². The third-order valence-corrected chi connectivity index (χ3v) is 4.23. The Bertz CT molecular complexity index is 968. The van der Waals surface area contributed by atoms with E-state index >= 15 is 0 Å². The molecule has 0 atom stereocenters. The molecular formula is C20H19N. The second kappa shape index (κ2) is 4.11. The van der Waals surface area contributed by atoms with Crippen molar-refractivity contribution in [2.45, 2.75) is 26.3 Å². The number of aromatic nitrogens is 1. The predicted molar refractivity (Wildman–Crippen MR) is 91.9 cm³/mol. The second-order valence-corrected chi connectivity index (χ2v) is 6.70. The van der Waals surface area contributed by atoms with Crippen molar-refractivity contribution in [1.29, 1.82) is 0 Å². The largest absolute Gasteiger partial charge is 0.335 e. The van der Waals surface area contributed by atoms with E-state index in [1.165, 1.54) is 32.6 Å². The molecule has 0 saturated heterocycles. The fraction of sp³-hybridized carbons (Fsp3) is 0.200. The molecule has 4 rings (SSSR count). The Balaban J connectivity index is 2.35. The lowest BCUT2D eigenvalue weighted by atomic mass is 10.0. The normalized spacial score (nSPS) is 12.5. The van der Waals surface area contributed by atoms with Gasteiger partial charge >= 0.3 is 0 Å². The molecule has 3 aromatic carbocycles. The summed E-state index contributed by atoms with van der Waals surface area (Å²) in [6.07, 6.45) is 0. The highest BCUT2D eigenvalue weighted by atomic mass is 15.0. The number of para-hydroxylation sites is 1. The Kier molecular flexibility index (Phi) is 2.44. The number of hydrogen-bond acceptors (Lipinski definition) is 0. The monoisotopic (exact) mass is 273 g/mol. The molecule has 21 heavy (non-hydrogen) atoms. The molecule has 0 radical (unpaired) electrons. The van der Waals surface area contributed by atoms with E-state index in [9.17, 15) is 0 Å². The van der Waals surface area contributed by atoms with Crippen LogP contribution in [0.2, 0.25) is 0 Å². The Morgan fingerprint density at radius 1 is 0.667 bits per heavy atom. The van der Waals surface area contributed by atoms with Crippen molar-refractivity contribution in [1.82, 2.24) is 4.57 Å². The molecule has 0 unspecified atom stereocenters. The number of rotatable bonds is 0. The van der Waals surface area contributed by atoms with Gasteiger partial charge in [-0.3, -0.25) is 0 Å². The third-order valence-electron chi connectivity index (χ3n) is 4.23. The van der Waals surface area contributed by atoms with Crippen molar-refractivity contribution in [3.63, 3.8) is 0 Å². The zero-order valence-corrected chi connectivity index (χ0v) is 12.7. The molecule has 1 nitrogen and oxygen atoms in total. The van der Waals surface area contributed by atoms with Gasteiger partial charge in [0.1, 0.15) is 0 Å². The minimum absolute atomic E-state index is 0.0593. The quantitative estimate of drug-likeness (QED) is 0.387. The van der Waals surface area contributed by atoms with Crippen LogP contribution in [0.15, 0.2) is 60.7 Å². The minimum atomic E-state index is 0.0593. The molecule has 1 aromatic heterocycles. The van der Waals surface area contributed by atoms with E-state index in [0.29, 0.717) is 0 Å². The van der Waals surface area contributed by atoms with Gasteiger partial charge in [0.25, 0.3) is 0 Å². The topological polar surface area (TPSA) is 4.93 Å². The van der Waals surface area contributed by atoms with Crippen LogP contribution in [-0.2, 0) is 5.54 Å². The zero-order chi connectivity index (χ0) is 14.6. The molecule has 0 N–H and O–H groups in total. The smallest absolute Gasteiger partial charge is 0.0502 e. The summed E-state index contributed by atoms with van der Waals surface area (Å²) in [7, 11) is 0. The molecule has 1 heterocycles. The van der Waals surface area contributed by atoms with Gasteiger partial charge in [-0.25, -0.2) is 0 Å². The van der Waals surface area contributed by atoms with Crippen LogP contribution >= 0.6 is 0 Å². The average molecular weight is 273 g/mol.